The molecule has 3 N–H and O–H groups in total. The van der Waals surface area contributed by atoms with Crippen molar-refractivity contribution in [3.05, 3.63) is 65.7 Å². The Bertz CT molecular complexity index is 706. The van der Waals surface area contributed by atoms with Gasteiger partial charge in [0.2, 0.25) is 5.91 Å². The summed E-state index contributed by atoms with van der Waals surface area (Å²) in [7, 11) is 0. The van der Waals surface area contributed by atoms with Gasteiger partial charge < -0.3 is 15.8 Å². The highest BCUT2D eigenvalue weighted by Crippen LogP contribution is 2.28. The van der Waals surface area contributed by atoms with E-state index in [4.69, 9.17) is 10.5 Å². The van der Waals surface area contributed by atoms with Crippen LogP contribution in [0.4, 0.5) is 0 Å². The lowest BCUT2D eigenvalue weighted by molar-refractivity contribution is -0.122. The van der Waals surface area contributed by atoms with Crippen LogP contribution in [0.1, 0.15) is 49.8 Å². The average molecular weight is 389 g/mol. The predicted octanol–water partition coefficient (Wildman–Crippen LogP) is 4.23. The maximum absolute atomic E-state index is 12.7. The van der Waals surface area contributed by atoms with Crippen molar-refractivity contribution in [2.24, 2.45) is 11.7 Å². The van der Waals surface area contributed by atoms with Gasteiger partial charge in [-0.15, -0.1) is 12.4 Å². The van der Waals surface area contributed by atoms with E-state index in [0.717, 1.165) is 36.1 Å². The zero-order valence-corrected chi connectivity index (χ0v) is 16.6. The van der Waals surface area contributed by atoms with E-state index >= 15 is 0 Å². The van der Waals surface area contributed by atoms with Crippen molar-refractivity contribution in [1.82, 2.24) is 5.32 Å². The maximum atomic E-state index is 12.7. The molecule has 0 radical (unpaired) electrons. The van der Waals surface area contributed by atoms with Gasteiger partial charge in [-0.1, -0.05) is 48.9 Å². The van der Waals surface area contributed by atoms with E-state index in [1.165, 1.54) is 0 Å². The smallest absolute Gasteiger partial charge is 0.221 e. The van der Waals surface area contributed by atoms with Crippen LogP contribution in [0.5, 0.6) is 5.75 Å². The number of rotatable bonds is 7. The van der Waals surface area contributed by atoms with Crippen molar-refractivity contribution in [3.8, 4) is 5.75 Å². The molecule has 1 saturated carbocycles. The Balaban J connectivity index is 0.00000261. The highest BCUT2D eigenvalue weighted by Gasteiger charge is 2.27. The summed E-state index contributed by atoms with van der Waals surface area (Å²) in [6.45, 7) is 2.61. The Hall–Kier alpha value is -2.04. The molecule has 0 saturated heterocycles. The lowest BCUT2D eigenvalue weighted by atomic mass is 9.96. The molecule has 1 aliphatic rings. The molecule has 146 valence electrons. The summed E-state index contributed by atoms with van der Waals surface area (Å²) in [4.78, 5) is 12.7. The Labute approximate surface area is 167 Å². The zero-order valence-electron chi connectivity index (χ0n) is 15.8. The molecular weight excluding hydrogens is 360 g/mol. The van der Waals surface area contributed by atoms with E-state index in [-0.39, 0.29) is 30.4 Å². The third kappa shape index (κ3) is 5.72. The van der Waals surface area contributed by atoms with Crippen LogP contribution in [-0.4, -0.2) is 18.6 Å². The van der Waals surface area contributed by atoms with Gasteiger partial charge in [-0.05, 0) is 48.9 Å². The summed E-state index contributed by atoms with van der Waals surface area (Å²) in [5, 5.41) is 3.21. The van der Waals surface area contributed by atoms with E-state index in [2.05, 4.69) is 5.32 Å². The lowest BCUT2D eigenvalue weighted by Gasteiger charge is -2.22. The first-order chi connectivity index (χ1) is 12.7. The summed E-state index contributed by atoms with van der Waals surface area (Å²) in [6, 6.07) is 18.0. The molecule has 1 amide bonds. The molecule has 4 nitrogen and oxygen atoms in total. The van der Waals surface area contributed by atoms with Crippen molar-refractivity contribution in [3.63, 3.8) is 0 Å². The predicted molar refractivity (Wildman–Crippen MR) is 111 cm³/mol. The summed E-state index contributed by atoms with van der Waals surface area (Å²) in [5.41, 5.74) is 8.25. The fraction of sp³-hybridized carbons (Fsp3) is 0.409. The zero-order chi connectivity index (χ0) is 18.4. The molecule has 2 aromatic carbocycles. The number of amides is 1. The van der Waals surface area contributed by atoms with Gasteiger partial charge in [-0.3, -0.25) is 4.79 Å². The van der Waals surface area contributed by atoms with Crippen LogP contribution in [0.25, 0.3) is 0 Å². The highest BCUT2D eigenvalue weighted by atomic mass is 35.5. The molecule has 0 bridgehead atoms. The van der Waals surface area contributed by atoms with Gasteiger partial charge in [0.1, 0.15) is 5.75 Å². The van der Waals surface area contributed by atoms with E-state index in [1.807, 2.05) is 61.5 Å². The number of carbonyl (C=O) groups excluding carboxylic acids is 1. The monoisotopic (exact) mass is 388 g/mol. The standard InChI is InChI=1S/C22H28N2O2.ClH/c1-2-26-19-13-11-17(12-14-19)22(16-7-4-3-5-8-16)24-21(25)15-18-9-6-10-20(18)23;/h3-5,7-8,11-14,18,20,22H,2,6,9-10,15,23H2,1H3,(H,24,25);1H/t18-,20+,22?;/m0./s1. The van der Waals surface area contributed by atoms with Gasteiger partial charge in [-0.2, -0.15) is 0 Å². The summed E-state index contributed by atoms with van der Waals surface area (Å²) >= 11 is 0. The molecule has 1 aliphatic carbocycles. The Kier molecular flexibility index (Phi) is 8.14. The summed E-state index contributed by atoms with van der Waals surface area (Å²) in [6.07, 6.45) is 3.70. The van der Waals surface area contributed by atoms with Crippen molar-refractivity contribution >= 4 is 18.3 Å². The second-order valence-corrected chi connectivity index (χ2v) is 6.97. The molecule has 3 atom stereocenters. The molecule has 5 heteroatoms. The lowest BCUT2D eigenvalue weighted by Crippen LogP contribution is -2.34. The highest BCUT2D eigenvalue weighted by molar-refractivity contribution is 5.85. The molecule has 3 rings (SSSR count). The Morgan fingerprint density at radius 1 is 1.11 bits per heavy atom. The molecular formula is C22H29ClN2O2. The number of benzene rings is 2. The van der Waals surface area contributed by atoms with Crippen LogP contribution in [0.2, 0.25) is 0 Å². The summed E-state index contributed by atoms with van der Waals surface area (Å²) in [5.74, 6) is 1.20. The third-order valence-electron chi connectivity index (χ3n) is 5.13. The van der Waals surface area contributed by atoms with Crippen LogP contribution in [0.3, 0.4) is 0 Å². The van der Waals surface area contributed by atoms with Crippen molar-refractivity contribution in [2.45, 2.75) is 44.7 Å². The largest absolute Gasteiger partial charge is 0.494 e. The number of halogens is 1. The van der Waals surface area contributed by atoms with Gasteiger partial charge in [0.15, 0.2) is 0 Å². The SMILES string of the molecule is CCOc1ccc(C(NC(=O)C[C@@H]2CCC[C@H]2N)c2ccccc2)cc1.Cl. The number of nitrogens with one attached hydrogen (secondary N) is 1. The van der Waals surface area contributed by atoms with Crippen LogP contribution >= 0.6 is 12.4 Å². The van der Waals surface area contributed by atoms with Crippen molar-refractivity contribution < 1.29 is 9.53 Å². The fourth-order valence-corrected chi connectivity index (χ4v) is 3.70. The molecule has 27 heavy (non-hydrogen) atoms. The van der Waals surface area contributed by atoms with Crippen LogP contribution in [0, 0.1) is 5.92 Å². The molecule has 0 spiro atoms. The number of ether oxygens (including phenoxy) is 1. The molecule has 0 aliphatic heterocycles. The minimum absolute atomic E-state index is 0. The first-order valence-electron chi connectivity index (χ1n) is 9.50. The first kappa shape index (κ1) is 21.3. The minimum atomic E-state index is -0.169. The second-order valence-electron chi connectivity index (χ2n) is 6.97. The van der Waals surface area contributed by atoms with E-state index in [1.54, 1.807) is 0 Å². The molecule has 0 heterocycles. The normalized spacial score (nSPS) is 19.8. The number of carbonyl (C=O) groups is 1. The molecule has 1 fully saturated rings. The molecule has 2 aromatic rings. The van der Waals surface area contributed by atoms with E-state index in [9.17, 15) is 4.79 Å². The number of hydrogen-bond acceptors (Lipinski definition) is 3. The maximum Gasteiger partial charge on any atom is 0.221 e. The van der Waals surface area contributed by atoms with Crippen LogP contribution < -0.4 is 15.8 Å². The van der Waals surface area contributed by atoms with Crippen LogP contribution in [0.15, 0.2) is 54.6 Å². The summed E-state index contributed by atoms with van der Waals surface area (Å²) < 4.78 is 5.53. The van der Waals surface area contributed by atoms with E-state index < -0.39 is 0 Å². The van der Waals surface area contributed by atoms with Crippen molar-refractivity contribution in [2.75, 3.05) is 6.61 Å². The van der Waals surface area contributed by atoms with Gasteiger partial charge in [0.05, 0.1) is 12.6 Å². The Morgan fingerprint density at radius 2 is 1.78 bits per heavy atom. The van der Waals surface area contributed by atoms with Gasteiger partial charge in [-0.25, -0.2) is 0 Å². The second kappa shape index (κ2) is 10.3. The fourth-order valence-electron chi connectivity index (χ4n) is 3.70. The van der Waals surface area contributed by atoms with Gasteiger partial charge >= 0.3 is 0 Å². The topological polar surface area (TPSA) is 64.3 Å². The van der Waals surface area contributed by atoms with Gasteiger partial charge in [0.25, 0.3) is 0 Å². The average Bonchev–Trinajstić information content (AvgIpc) is 3.06. The van der Waals surface area contributed by atoms with Crippen LogP contribution in [-0.2, 0) is 4.79 Å². The molecule has 0 aromatic heterocycles. The Morgan fingerprint density at radius 3 is 2.37 bits per heavy atom. The first-order valence-corrected chi connectivity index (χ1v) is 9.50. The molecule has 1 unspecified atom stereocenters. The quantitative estimate of drug-likeness (QED) is 0.745. The van der Waals surface area contributed by atoms with Crippen molar-refractivity contribution in [1.29, 1.82) is 0 Å². The number of hydrogen-bond donors (Lipinski definition) is 2. The third-order valence-corrected chi connectivity index (χ3v) is 5.13. The van der Waals surface area contributed by atoms with E-state index in [0.29, 0.717) is 18.9 Å². The van der Waals surface area contributed by atoms with Gasteiger partial charge in [0, 0.05) is 12.5 Å². The number of nitrogens with two attached hydrogens (primary N) is 1. The minimum Gasteiger partial charge on any atom is -0.494 e.